The number of aromatic amines is 1. The summed E-state index contributed by atoms with van der Waals surface area (Å²) in [6.45, 7) is 4.13. The quantitative estimate of drug-likeness (QED) is 0.567. The summed E-state index contributed by atoms with van der Waals surface area (Å²) < 4.78 is 0. The number of H-pyrrole nitrogens is 1. The maximum Gasteiger partial charge on any atom is 0.173 e. The number of ketones is 1. The van der Waals surface area contributed by atoms with E-state index < -0.39 is 0 Å². The van der Waals surface area contributed by atoms with Crippen LogP contribution in [0.1, 0.15) is 21.5 Å². The van der Waals surface area contributed by atoms with Crippen LogP contribution in [0, 0.1) is 13.8 Å². The van der Waals surface area contributed by atoms with Crippen LogP contribution in [0.2, 0.25) is 0 Å². The second-order valence-corrected chi connectivity index (χ2v) is 6.22. The highest BCUT2D eigenvalue weighted by Crippen LogP contribution is 2.23. The number of rotatable bonds is 4. The molecule has 3 aromatic rings. The fraction of sp³-hybridized carbons (Fsp3) is 0.176. The number of benzene rings is 2. The van der Waals surface area contributed by atoms with E-state index in [1.807, 2.05) is 6.07 Å². The third-order valence-corrected chi connectivity index (χ3v) is 4.48. The smallest absolute Gasteiger partial charge is 0.173 e. The van der Waals surface area contributed by atoms with E-state index in [2.05, 4.69) is 29.9 Å². The van der Waals surface area contributed by atoms with Gasteiger partial charge in [0.2, 0.25) is 0 Å². The number of nitrogens with one attached hydrogen (secondary N) is 1. The average molecular weight is 312 g/mol. The minimum Gasteiger partial charge on any atom is -0.508 e. The molecule has 0 saturated heterocycles. The van der Waals surface area contributed by atoms with Crippen LogP contribution in [0.15, 0.2) is 41.6 Å². The summed E-state index contributed by atoms with van der Waals surface area (Å²) in [5.41, 5.74) is 4.92. The number of carbonyl (C=O) groups is 1. The van der Waals surface area contributed by atoms with E-state index in [1.165, 1.54) is 35.0 Å². The van der Waals surface area contributed by atoms with Crippen molar-refractivity contribution in [3.05, 3.63) is 53.1 Å². The van der Waals surface area contributed by atoms with E-state index in [4.69, 9.17) is 0 Å². The predicted octanol–water partition coefficient (Wildman–Crippen LogP) is 3.86. The van der Waals surface area contributed by atoms with Gasteiger partial charge in [-0.05, 0) is 61.4 Å². The summed E-state index contributed by atoms with van der Waals surface area (Å²) in [4.78, 5) is 19.9. The summed E-state index contributed by atoms with van der Waals surface area (Å²) in [5.74, 6) is 0.479. The number of imidazole rings is 1. The monoisotopic (exact) mass is 312 g/mol. The summed E-state index contributed by atoms with van der Waals surface area (Å²) in [5, 5.41) is 9.98. The Hall–Kier alpha value is -2.27. The number of carbonyl (C=O) groups excluding carboxylic acids is 1. The number of aromatic hydroxyl groups is 1. The zero-order chi connectivity index (χ0) is 15.7. The maximum atomic E-state index is 12.1. The molecule has 0 aliphatic heterocycles. The van der Waals surface area contributed by atoms with Crippen molar-refractivity contribution in [3.63, 3.8) is 0 Å². The first-order valence-electron chi connectivity index (χ1n) is 6.95. The Kier molecular flexibility index (Phi) is 3.90. The summed E-state index contributed by atoms with van der Waals surface area (Å²) in [6, 6.07) is 10.4. The normalized spacial score (nSPS) is 11.0. The van der Waals surface area contributed by atoms with Gasteiger partial charge in [-0.2, -0.15) is 0 Å². The third-order valence-electron chi connectivity index (χ3n) is 3.60. The molecule has 4 nitrogen and oxygen atoms in total. The van der Waals surface area contributed by atoms with Gasteiger partial charge >= 0.3 is 0 Å². The first-order chi connectivity index (χ1) is 10.5. The minimum absolute atomic E-state index is 0.0119. The number of fused-ring (bicyclic) bond motifs is 1. The molecule has 0 bridgehead atoms. The number of hydrogen-bond acceptors (Lipinski definition) is 4. The van der Waals surface area contributed by atoms with Crippen LogP contribution in [0.3, 0.4) is 0 Å². The lowest BCUT2D eigenvalue weighted by atomic mass is 10.1. The molecule has 5 heteroatoms. The van der Waals surface area contributed by atoms with Crippen LogP contribution in [-0.4, -0.2) is 26.6 Å². The lowest BCUT2D eigenvalue weighted by molar-refractivity contribution is 0.102. The van der Waals surface area contributed by atoms with E-state index in [0.717, 1.165) is 16.2 Å². The van der Waals surface area contributed by atoms with Crippen molar-refractivity contribution in [2.45, 2.75) is 19.0 Å². The number of hydrogen-bond donors (Lipinski definition) is 2. The van der Waals surface area contributed by atoms with Gasteiger partial charge in [-0.25, -0.2) is 4.98 Å². The molecule has 0 atom stereocenters. The molecule has 0 radical (unpaired) electrons. The van der Waals surface area contributed by atoms with Gasteiger partial charge in [0.25, 0.3) is 0 Å². The van der Waals surface area contributed by atoms with E-state index in [1.54, 1.807) is 12.1 Å². The molecule has 3 rings (SSSR count). The molecule has 2 N–H and O–H groups in total. The maximum absolute atomic E-state index is 12.1. The SMILES string of the molecule is Cc1cc2nc(SCC(=O)c3ccc(O)cc3)[nH]c2cc1C. The van der Waals surface area contributed by atoms with Crippen molar-refractivity contribution in [1.29, 1.82) is 0 Å². The number of Topliss-reactive ketones (excluding diaryl/α,β-unsaturated/α-hetero) is 1. The molecule has 0 aliphatic rings. The third kappa shape index (κ3) is 2.99. The van der Waals surface area contributed by atoms with Crippen molar-refractivity contribution >= 4 is 28.6 Å². The molecule has 2 aromatic carbocycles. The Morgan fingerprint density at radius 2 is 1.86 bits per heavy atom. The minimum atomic E-state index is 0.0119. The molecule has 0 spiro atoms. The number of thioether (sulfide) groups is 1. The number of phenolic OH excluding ortho intramolecular Hbond substituents is 1. The molecule has 0 amide bonds. The molecule has 1 aromatic heterocycles. The second-order valence-electron chi connectivity index (χ2n) is 5.25. The number of aromatic nitrogens is 2. The lowest BCUT2D eigenvalue weighted by Gasteiger charge is -1.99. The molecule has 0 unspecified atom stereocenters. The van der Waals surface area contributed by atoms with E-state index in [0.29, 0.717) is 11.3 Å². The van der Waals surface area contributed by atoms with Crippen LogP contribution >= 0.6 is 11.8 Å². The lowest BCUT2D eigenvalue weighted by Crippen LogP contribution is -2.02. The summed E-state index contributed by atoms with van der Waals surface area (Å²) in [7, 11) is 0. The van der Waals surface area contributed by atoms with Crippen molar-refractivity contribution < 1.29 is 9.90 Å². The van der Waals surface area contributed by atoms with Crippen LogP contribution in [-0.2, 0) is 0 Å². The van der Waals surface area contributed by atoms with Crippen molar-refractivity contribution in [2.75, 3.05) is 5.75 Å². The van der Waals surface area contributed by atoms with Crippen molar-refractivity contribution in [1.82, 2.24) is 9.97 Å². The van der Waals surface area contributed by atoms with Crippen molar-refractivity contribution in [3.8, 4) is 5.75 Å². The Labute approximate surface area is 132 Å². The molecule has 0 aliphatic carbocycles. The predicted molar refractivity (Wildman–Crippen MR) is 88.7 cm³/mol. The topological polar surface area (TPSA) is 66.0 Å². The van der Waals surface area contributed by atoms with Gasteiger partial charge in [0.15, 0.2) is 10.9 Å². The molecular formula is C17H16N2O2S. The van der Waals surface area contributed by atoms with Crippen LogP contribution < -0.4 is 0 Å². The zero-order valence-electron chi connectivity index (χ0n) is 12.4. The van der Waals surface area contributed by atoms with Gasteiger partial charge in [0, 0.05) is 5.56 Å². The first-order valence-corrected chi connectivity index (χ1v) is 7.93. The zero-order valence-corrected chi connectivity index (χ0v) is 13.2. The highest BCUT2D eigenvalue weighted by atomic mass is 32.2. The van der Waals surface area contributed by atoms with Gasteiger partial charge in [0.05, 0.1) is 16.8 Å². The molecule has 0 saturated carbocycles. The number of aryl methyl sites for hydroxylation is 2. The van der Waals surface area contributed by atoms with E-state index in [-0.39, 0.29) is 11.5 Å². The fourth-order valence-corrected chi connectivity index (χ4v) is 2.96. The van der Waals surface area contributed by atoms with Gasteiger partial charge in [-0.3, -0.25) is 4.79 Å². The number of nitrogens with zero attached hydrogens (tertiary/aromatic N) is 1. The average Bonchev–Trinajstić information content (AvgIpc) is 2.88. The molecule has 1 heterocycles. The first kappa shape index (κ1) is 14.7. The molecule has 22 heavy (non-hydrogen) atoms. The second kappa shape index (κ2) is 5.85. The molecule has 0 fully saturated rings. The Bertz CT molecular complexity index is 799. The Balaban J connectivity index is 1.73. The van der Waals surface area contributed by atoms with Gasteiger partial charge in [-0.1, -0.05) is 11.8 Å². The standard InChI is InChI=1S/C17H16N2O2S/c1-10-7-14-15(8-11(10)2)19-17(18-14)22-9-16(21)12-3-5-13(20)6-4-12/h3-8,20H,9H2,1-2H3,(H,18,19). The van der Waals surface area contributed by atoms with Gasteiger partial charge in [-0.15, -0.1) is 0 Å². The Morgan fingerprint density at radius 1 is 1.18 bits per heavy atom. The van der Waals surface area contributed by atoms with Crippen LogP contribution in [0.25, 0.3) is 11.0 Å². The Morgan fingerprint density at radius 3 is 2.59 bits per heavy atom. The van der Waals surface area contributed by atoms with Gasteiger partial charge in [0.1, 0.15) is 5.75 Å². The van der Waals surface area contributed by atoms with Crippen LogP contribution in [0.4, 0.5) is 0 Å². The highest BCUT2D eigenvalue weighted by molar-refractivity contribution is 7.99. The molecular weight excluding hydrogens is 296 g/mol. The largest absolute Gasteiger partial charge is 0.508 e. The van der Waals surface area contributed by atoms with Crippen LogP contribution in [0.5, 0.6) is 5.75 Å². The summed E-state index contributed by atoms with van der Waals surface area (Å²) >= 11 is 1.39. The van der Waals surface area contributed by atoms with E-state index >= 15 is 0 Å². The molecule has 112 valence electrons. The van der Waals surface area contributed by atoms with Crippen molar-refractivity contribution in [2.24, 2.45) is 0 Å². The number of phenols is 1. The highest BCUT2D eigenvalue weighted by Gasteiger charge is 2.10. The summed E-state index contributed by atoms with van der Waals surface area (Å²) in [6.07, 6.45) is 0. The fourth-order valence-electron chi connectivity index (χ4n) is 2.18. The van der Waals surface area contributed by atoms with Gasteiger partial charge < -0.3 is 10.1 Å². The van der Waals surface area contributed by atoms with E-state index in [9.17, 15) is 9.90 Å².